The molecule has 1 aliphatic carbocycles. The minimum Gasteiger partial charge on any atom is -0.259 e. The number of aromatic nitrogens is 1. The SMILES string of the molecule is O=[N+]([O-])/C=C/c1csc(C2CC2)n1. The van der Waals surface area contributed by atoms with Crippen molar-refractivity contribution in [2.24, 2.45) is 0 Å². The van der Waals surface area contributed by atoms with E-state index in [1.807, 2.05) is 5.38 Å². The van der Waals surface area contributed by atoms with Crippen molar-refractivity contribution in [1.82, 2.24) is 4.98 Å². The van der Waals surface area contributed by atoms with Crippen LogP contribution >= 0.6 is 11.3 Å². The molecule has 1 fully saturated rings. The number of rotatable bonds is 3. The van der Waals surface area contributed by atoms with E-state index in [9.17, 15) is 10.1 Å². The van der Waals surface area contributed by atoms with E-state index < -0.39 is 4.92 Å². The first-order chi connectivity index (χ1) is 6.25. The highest BCUT2D eigenvalue weighted by molar-refractivity contribution is 7.09. The Morgan fingerprint density at radius 3 is 3.08 bits per heavy atom. The first-order valence-corrected chi connectivity index (χ1v) is 4.91. The molecular formula is C8H8N2O2S. The molecule has 5 heteroatoms. The average molecular weight is 196 g/mol. The minimum absolute atomic E-state index is 0.476. The lowest BCUT2D eigenvalue weighted by Gasteiger charge is -1.83. The Labute approximate surface area is 79.1 Å². The van der Waals surface area contributed by atoms with E-state index >= 15 is 0 Å². The number of nitrogens with zero attached hydrogens (tertiary/aromatic N) is 2. The van der Waals surface area contributed by atoms with Crippen LogP contribution in [0.3, 0.4) is 0 Å². The molecule has 1 saturated carbocycles. The summed E-state index contributed by atoms with van der Waals surface area (Å²) in [5, 5.41) is 13.0. The smallest absolute Gasteiger partial charge is 0.236 e. The molecule has 1 aliphatic rings. The number of hydrogen-bond donors (Lipinski definition) is 0. The fourth-order valence-corrected chi connectivity index (χ4v) is 1.99. The summed E-state index contributed by atoms with van der Waals surface area (Å²) < 4.78 is 0. The van der Waals surface area contributed by atoms with E-state index in [4.69, 9.17) is 0 Å². The van der Waals surface area contributed by atoms with E-state index in [2.05, 4.69) is 4.98 Å². The molecular weight excluding hydrogens is 188 g/mol. The number of hydrogen-bond acceptors (Lipinski definition) is 4. The summed E-state index contributed by atoms with van der Waals surface area (Å²) in [6.07, 6.45) is 4.78. The molecule has 0 bridgehead atoms. The van der Waals surface area contributed by atoms with Gasteiger partial charge in [0.15, 0.2) is 0 Å². The predicted octanol–water partition coefficient (Wildman–Crippen LogP) is 2.27. The quantitative estimate of drug-likeness (QED) is 0.550. The van der Waals surface area contributed by atoms with Gasteiger partial charge in [0, 0.05) is 17.4 Å². The molecule has 1 heterocycles. The standard InChI is InChI=1S/C8H8N2O2S/c11-10(12)4-3-7-5-13-8(9-7)6-1-2-6/h3-6H,1-2H2/b4-3+. The molecule has 0 unspecified atom stereocenters. The van der Waals surface area contributed by atoms with Crippen molar-refractivity contribution in [1.29, 1.82) is 0 Å². The zero-order valence-corrected chi connectivity index (χ0v) is 7.66. The Morgan fingerprint density at radius 1 is 1.69 bits per heavy atom. The van der Waals surface area contributed by atoms with Gasteiger partial charge in [-0.2, -0.15) is 0 Å². The third kappa shape index (κ3) is 2.12. The zero-order valence-electron chi connectivity index (χ0n) is 6.84. The Bertz CT molecular complexity index is 355. The van der Waals surface area contributed by atoms with Gasteiger partial charge in [0.2, 0.25) is 6.20 Å². The zero-order chi connectivity index (χ0) is 9.26. The van der Waals surface area contributed by atoms with Crippen molar-refractivity contribution in [3.8, 4) is 0 Å². The highest BCUT2D eigenvalue weighted by Gasteiger charge is 2.26. The Hall–Kier alpha value is -1.23. The van der Waals surface area contributed by atoms with Crippen molar-refractivity contribution in [2.45, 2.75) is 18.8 Å². The van der Waals surface area contributed by atoms with Gasteiger partial charge in [0.05, 0.1) is 15.6 Å². The van der Waals surface area contributed by atoms with Gasteiger partial charge in [0.25, 0.3) is 0 Å². The van der Waals surface area contributed by atoms with E-state index in [-0.39, 0.29) is 0 Å². The monoisotopic (exact) mass is 196 g/mol. The van der Waals surface area contributed by atoms with Gasteiger partial charge >= 0.3 is 0 Å². The molecule has 0 radical (unpaired) electrons. The maximum atomic E-state index is 10.0. The third-order valence-corrected chi connectivity index (χ3v) is 2.86. The van der Waals surface area contributed by atoms with Gasteiger partial charge in [-0.3, -0.25) is 10.1 Å². The lowest BCUT2D eigenvalue weighted by atomic mass is 10.4. The highest BCUT2D eigenvalue weighted by Crippen LogP contribution is 2.41. The van der Waals surface area contributed by atoms with Gasteiger partial charge in [0.1, 0.15) is 0 Å². The fraction of sp³-hybridized carbons (Fsp3) is 0.375. The van der Waals surface area contributed by atoms with E-state index in [0.717, 1.165) is 11.2 Å². The lowest BCUT2D eigenvalue weighted by Crippen LogP contribution is -1.83. The molecule has 4 nitrogen and oxygen atoms in total. The van der Waals surface area contributed by atoms with Crippen LogP contribution in [-0.2, 0) is 0 Å². The largest absolute Gasteiger partial charge is 0.259 e. The predicted molar refractivity (Wildman–Crippen MR) is 50.1 cm³/mol. The van der Waals surface area contributed by atoms with E-state index in [1.165, 1.54) is 18.9 Å². The average Bonchev–Trinajstić information content (AvgIpc) is 2.83. The van der Waals surface area contributed by atoms with Crippen LogP contribution in [0.4, 0.5) is 0 Å². The van der Waals surface area contributed by atoms with Crippen LogP contribution in [-0.4, -0.2) is 9.91 Å². The van der Waals surface area contributed by atoms with Crippen LogP contribution in [0, 0.1) is 10.1 Å². The normalized spacial score (nSPS) is 16.6. The summed E-state index contributed by atoms with van der Waals surface area (Å²) in [7, 11) is 0. The molecule has 0 aliphatic heterocycles. The molecule has 1 aromatic heterocycles. The molecule has 2 rings (SSSR count). The first kappa shape index (κ1) is 8.37. The molecule has 0 aromatic carbocycles. The second-order valence-corrected chi connectivity index (χ2v) is 3.88. The fourth-order valence-electron chi connectivity index (χ4n) is 1.03. The van der Waals surface area contributed by atoms with Crippen LogP contribution in [0.15, 0.2) is 11.6 Å². The van der Waals surface area contributed by atoms with Gasteiger partial charge in [-0.25, -0.2) is 4.98 Å². The summed E-state index contributed by atoms with van der Waals surface area (Å²) in [5.74, 6) is 0.628. The molecule has 68 valence electrons. The summed E-state index contributed by atoms with van der Waals surface area (Å²) in [6, 6.07) is 0. The Morgan fingerprint density at radius 2 is 2.46 bits per heavy atom. The van der Waals surface area contributed by atoms with Crippen molar-refractivity contribution in [3.63, 3.8) is 0 Å². The molecule has 1 aromatic rings. The highest BCUT2D eigenvalue weighted by atomic mass is 32.1. The van der Waals surface area contributed by atoms with E-state index in [0.29, 0.717) is 11.6 Å². The number of nitro groups is 1. The second-order valence-electron chi connectivity index (χ2n) is 2.99. The topological polar surface area (TPSA) is 56.0 Å². The van der Waals surface area contributed by atoms with Crippen molar-refractivity contribution in [2.75, 3.05) is 0 Å². The summed E-state index contributed by atoms with van der Waals surface area (Å²) in [6.45, 7) is 0. The van der Waals surface area contributed by atoms with E-state index in [1.54, 1.807) is 11.3 Å². The van der Waals surface area contributed by atoms with Gasteiger partial charge in [-0.1, -0.05) is 0 Å². The molecule has 13 heavy (non-hydrogen) atoms. The summed E-state index contributed by atoms with van der Waals surface area (Å²) in [4.78, 5) is 13.8. The maximum absolute atomic E-state index is 10.0. The molecule has 0 amide bonds. The third-order valence-electron chi connectivity index (χ3n) is 1.83. The molecule has 0 atom stereocenters. The van der Waals surface area contributed by atoms with Gasteiger partial charge in [-0.05, 0) is 12.8 Å². The van der Waals surface area contributed by atoms with Crippen molar-refractivity contribution in [3.05, 3.63) is 32.4 Å². The number of thiazole rings is 1. The van der Waals surface area contributed by atoms with Crippen molar-refractivity contribution < 1.29 is 4.92 Å². The van der Waals surface area contributed by atoms with Crippen LogP contribution in [0.2, 0.25) is 0 Å². The first-order valence-electron chi connectivity index (χ1n) is 4.03. The van der Waals surface area contributed by atoms with Gasteiger partial charge < -0.3 is 0 Å². The van der Waals surface area contributed by atoms with Crippen LogP contribution in [0.25, 0.3) is 6.08 Å². The Balaban J connectivity index is 2.08. The Kier molecular flexibility index (Phi) is 2.10. The molecule has 0 N–H and O–H groups in total. The van der Waals surface area contributed by atoms with Crippen LogP contribution < -0.4 is 0 Å². The lowest BCUT2D eigenvalue weighted by molar-refractivity contribution is -0.401. The van der Waals surface area contributed by atoms with Crippen LogP contribution in [0.1, 0.15) is 29.5 Å². The van der Waals surface area contributed by atoms with Gasteiger partial charge in [-0.15, -0.1) is 11.3 Å². The minimum atomic E-state index is -0.476. The second kappa shape index (κ2) is 3.26. The molecule has 0 spiro atoms. The molecule has 0 saturated heterocycles. The summed E-state index contributed by atoms with van der Waals surface area (Å²) >= 11 is 1.59. The maximum Gasteiger partial charge on any atom is 0.236 e. The summed E-state index contributed by atoms with van der Waals surface area (Å²) in [5.41, 5.74) is 0.698. The van der Waals surface area contributed by atoms with Crippen LogP contribution in [0.5, 0.6) is 0 Å². The van der Waals surface area contributed by atoms with Crippen molar-refractivity contribution >= 4 is 17.4 Å².